The molecule has 3 aromatic rings. The molecule has 4 rings (SSSR count). The number of benzene rings is 2. The monoisotopic (exact) mass is 359 g/mol. The number of pyridine rings is 1. The third-order valence-corrected chi connectivity index (χ3v) is 5.55. The first-order valence-corrected chi connectivity index (χ1v) is 9.54. The quantitative estimate of drug-likeness (QED) is 0.768. The zero-order chi connectivity index (χ0) is 19.0. The van der Waals surface area contributed by atoms with E-state index < -0.39 is 0 Å². The van der Waals surface area contributed by atoms with E-state index in [-0.39, 0.29) is 11.9 Å². The fraction of sp³-hybridized carbons (Fsp3) is 0.304. The van der Waals surface area contributed by atoms with Crippen molar-refractivity contribution in [2.75, 3.05) is 13.1 Å². The summed E-state index contributed by atoms with van der Waals surface area (Å²) in [6.45, 7) is 5.53. The minimum atomic E-state index is 0.0745. The number of carbonyl (C=O) groups is 1. The molecule has 4 nitrogen and oxygen atoms in total. The van der Waals surface area contributed by atoms with Gasteiger partial charge in [0.2, 0.25) is 0 Å². The predicted octanol–water partition coefficient (Wildman–Crippen LogP) is 4.02. The highest BCUT2D eigenvalue weighted by molar-refractivity contribution is 6.07. The van der Waals surface area contributed by atoms with Crippen molar-refractivity contribution in [3.8, 4) is 11.3 Å². The molecule has 2 unspecified atom stereocenters. The molecular weight excluding hydrogens is 334 g/mol. The Balaban J connectivity index is 1.81. The molecule has 27 heavy (non-hydrogen) atoms. The summed E-state index contributed by atoms with van der Waals surface area (Å²) in [7, 11) is 0. The topological polar surface area (TPSA) is 59.2 Å². The van der Waals surface area contributed by atoms with Crippen molar-refractivity contribution in [3.63, 3.8) is 0 Å². The van der Waals surface area contributed by atoms with Gasteiger partial charge in [0.15, 0.2) is 0 Å². The van der Waals surface area contributed by atoms with E-state index in [0.29, 0.717) is 12.5 Å². The molecule has 0 spiro atoms. The van der Waals surface area contributed by atoms with Crippen LogP contribution in [0.4, 0.5) is 0 Å². The van der Waals surface area contributed by atoms with Crippen LogP contribution in [0.15, 0.2) is 54.6 Å². The van der Waals surface area contributed by atoms with Gasteiger partial charge in [-0.3, -0.25) is 4.79 Å². The lowest BCUT2D eigenvalue weighted by molar-refractivity contribution is 0.0745. The van der Waals surface area contributed by atoms with Crippen LogP contribution in [0.1, 0.15) is 29.3 Å². The van der Waals surface area contributed by atoms with Gasteiger partial charge < -0.3 is 10.6 Å². The number of hydrogen-bond donors (Lipinski definition) is 1. The highest BCUT2D eigenvalue weighted by Crippen LogP contribution is 2.29. The molecule has 1 aromatic heterocycles. The van der Waals surface area contributed by atoms with Crippen molar-refractivity contribution in [2.45, 2.75) is 26.3 Å². The summed E-state index contributed by atoms with van der Waals surface area (Å²) in [6.07, 6.45) is 0.968. The SMILES string of the molecule is Cc1ccc(-c2cc(C(=O)N3CC(CN)CC3C)c3ccccc3n2)cc1. The van der Waals surface area contributed by atoms with E-state index in [1.54, 1.807) is 0 Å². The van der Waals surface area contributed by atoms with E-state index in [0.717, 1.165) is 40.7 Å². The van der Waals surface area contributed by atoms with E-state index >= 15 is 0 Å². The van der Waals surface area contributed by atoms with Crippen LogP contribution in [-0.2, 0) is 0 Å². The van der Waals surface area contributed by atoms with Gasteiger partial charge in [-0.15, -0.1) is 0 Å². The number of aromatic nitrogens is 1. The molecule has 0 aliphatic carbocycles. The van der Waals surface area contributed by atoms with Crippen molar-refractivity contribution < 1.29 is 4.79 Å². The average Bonchev–Trinajstić information content (AvgIpc) is 3.08. The summed E-state index contributed by atoms with van der Waals surface area (Å²) in [5.74, 6) is 0.457. The van der Waals surface area contributed by atoms with Crippen molar-refractivity contribution in [2.24, 2.45) is 11.7 Å². The smallest absolute Gasteiger partial charge is 0.254 e. The second kappa shape index (κ2) is 7.12. The number of carbonyl (C=O) groups excluding carboxylic acids is 1. The Bertz CT molecular complexity index is 981. The van der Waals surface area contributed by atoms with Crippen LogP contribution in [0.2, 0.25) is 0 Å². The maximum absolute atomic E-state index is 13.4. The lowest BCUT2D eigenvalue weighted by Gasteiger charge is -2.22. The van der Waals surface area contributed by atoms with Crippen LogP contribution in [0.25, 0.3) is 22.2 Å². The molecular formula is C23H25N3O. The van der Waals surface area contributed by atoms with E-state index in [1.807, 2.05) is 35.2 Å². The van der Waals surface area contributed by atoms with Gasteiger partial charge in [-0.05, 0) is 44.9 Å². The zero-order valence-corrected chi connectivity index (χ0v) is 15.9. The second-order valence-electron chi connectivity index (χ2n) is 7.58. The molecule has 1 amide bonds. The van der Waals surface area contributed by atoms with Crippen LogP contribution in [0, 0.1) is 12.8 Å². The van der Waals surface area contributed by atoms with Crippen LogP contribution >= 0.6 is 0 Å². The first kappa shape index (κ1) is 17.7. The van der Waals surface area contributed by atoms with Crippen molar-refractivity contribution in [1.82, 2.24) is 9.88 Å². The zero-order valence-electron chi connectivity index (χ0n) is 15.9. The molecule has 1 saturated heterocycles. The third kappa shape index (κ3) is 3.33. The van der Waals surface area contributed by atoms with Gasteiger partial charge in [-0.1, -0.05) is 48.0 Å². The maximum atomic E-state index is 13.4. The molecule has 2 heterocycles. The lowest BCUT2D eigenvalue weighted by Crippen LogP contribution is -2.34. The summed E-state index contributed by atoms with van der Waals surface area (Å²) in [4.78, 5) is 20.2. The number of likely N-dealkylation sites (tertiary alicyclic amines) is 1. The molecule has 1 aliphatic rings. The van der Waals surface area contributed by atoms with Crippen LogP contribution in [0.3, 0.4) is 0 Å². The largest absolute Gasteiger partial charge is 0.336 e. The number of nitrogens with two attached hydrogens (primary N) is 1. The van der Waals surface area contributed by atoms with E-state index in [1.165, 1.54) is 5.56 Å². The number of fused-ring (bicyclic) bond motifs is 1. The maximum Gasteiger partial charge on any atom is 0.254 e. The van der Waals surface area contributed by atoms with Gasteiger partial charge >= 0.3 is 0 Å². The molecule has 0 radical (unpaired) electrons. The number of amides is 1. The van der Waals surface area contributed by atoms with Crippen molar-refractivity contribution >= 4 is 16.8 Å². The molecule has 4 heteroatoms. The van der Waals surface area contributed by atoms with Gasteiger partial charge in [-0.2, -0.15) is 0 Å². The first-order chi connectivity index (χ1) is 13.1. The Morgan fingerprint density at radius 1 is 1.19 bits per heavy atom. The van der Waals surface area contributed by atoms with Crippen LogP contribution in [-0.4, -0.2) is 34.9 Å². The van der Waals surface area contributed by atoms with E-state index in [9.17, 15) is 4.79 Å². The van der Waals surface area contributed by atoms with Crippen LogP contribution < -0.4 is 5.73 Å². The Hall–Kier alpha value is -2.72. The molecule has 0 saturated carbocycles. The van der Waals surface area contributed by atoms with Gasteiger partial charge in [0.1, 0.15) is 0 Å². The Labute approximate surface area is 160 Å². The molecule has 2 aromatic carbocycles. The van der Waals surface area contributed by atoms with Crippen molar-refractivity contribution in [3.05, 3.63) is 65.7 Å². The predicted molar refractivity (Wildman–Crippen MR) is 110 cm³/mol. The number of nitrogens with zero attached hydrogens (tertiary/aromatic N) is 2. The van der Waals surface area contributed by atoms with Gasteiger partial charge in [0, 0.05) is 23.5 Å². The minimum absolute atomic E-state index is 0.0745. The summed E-state index contributed by atoms with van der Waals surface area (Å²) in [6, 6.07) is 18.3. The van der Waals surface area contributed by atoms with E-state index in [4.69, 9.17) is 10.7 Å². The Morgan fingerprint density at radius 2 is 1.93 bits per heavy atom. The highest BCUT2D eigenvalue weighted by Gasteiger charge is 2.33. The van der Waals surface area contributed by atoms with Gasteiger partial charge in [0.25, 0.3) is 5.91 Å². The van der Waals surface area contributed by atoms with Crippen LogP contribution in [0.5, 0.6) is 0 Å². The molecule has 2 N–H and O–H groups in total. The fourth-order valence-corrected chi connectivity index (χ4v) is 3.98. The molecule has 0 bridgehead atoms. The molecule has 1 aliphatic heterocycles. The fourth-order valence-electron chi connectivity index (χ4n) is 3.98. The van der Waals surface area contributed by atoms with Gasteiger partial charge in [0.05, 0.1) is 16.8 Å². The Morgan fingerprint density at radius 3 is 2.63 bits per heavy atom. The molecule has 1 fully saturated rings. The number of hydrogen-bond acceptors (Lipinski definition) is 3. The normalized spacial score (nSPS) is 19.6. The summed E-state index contributed by atoms with van der Waals surface area (Å²) in [5, 5.41) is 0.904. The van der Waals surface area contributed by atoms with Gasteiger partial charge in [-0.25, -0.2) is 4.98 Å². The third-order valence-electron chi connectivity index (χ3n) is 5.55. The Kier molecular flexibility index (Phi) is 4.66. The summed E-state index contributed by atoms with van der Waals surface area (Å²) in [5.41, 5.74) is 10.5. The average molecular weight is 359 g/mol. The lowest BCUT2D eigenvalue weighted by atomic mass is 10.0. The standard InChI is InChI=1S/C23H25N3O/c1-15-7-9-18(10-8-15)22-12-20(19-5-3-4-6-21(19)25-22)23(27)26-14-17(13-24)11-16(26)2/h3-10,12,16-17H,11,13-14,24H2,1-2H3. The molecule has 2 atom stereocenters. The minimum Gasteiger partial charge on any atom is -0.336 e. The first-order valence-electron chi connectivity index (χ1n) is 9.54. The summed E-state index contributed by atoms with van der Waals surface area (Å²) < 4.78 is 0. The summed E-state index contributed by atoms with van der Waals surface area (Å²) >= 11 is 0. The molecule has 138 valence electrons. The highest BCUT2D eigenvalue weighted by atomic mass is 16.2. The second-order valence-corrected chi connectivity index (χ2v) is 7.58. The van der Waals surface area contributed by atoms with Crippen molar-refractivity contribution in [1.29, 1.82) is 0 Å². The number of rotatable bonds is 3. The number of aryl methyl sites for hydroxylation is 1. The van der Waals surface area contributed by atoms with E-state index in [2.05, 4.69) is 38.1 Å². The number of para-hydroxylation sites is 1.